The van der Waals surface area contributed by atoms with Crippen LogP contribution in [0.5, 0.6) is 0 Å². The molecule has 0 aliphatic rings. The molecule has 1 aromatic rings. The third-order valence-electron chi connectivity index (χ3n) is 1.95. The van der Waals surface area contributed by atoms with E-state index >= 15 is 0 Å². The van der Waals surface area contributed by atoms with Crippen molar-refractivity contribution in [1.29, 1.82) is 0 Å². The van der Waals surface area contributed by atoms with Crippen molar-refractivity contribution in [2.24, 2.45) is 0 Å². The van der Waals surface area contributed by atoms with Gasteiger partial charge in [-0.25, -0.2) is 0 Å². The van der Waals surface area contributed by atoms with E-state index in [1.807, 2.05) is 30.3 Å². The fourth-order valence-corrected chi connectivity index (χ4v) is 1.06. The summed E-state index contributed by atoms with van der Waals surface area (Å²) in [6.07, 6.45) is 0.301. The van der Waals surface area contributed by atoms with Crippen LogP contribution >= 0.6 is 0 Å². The summed E-state index contributed by atoms with van der Waals surface area (Å²) in [5.74, 6) is -1.21. The lowest BCUT2D eigenvalue weighted by atomic mass is 10.2. The topological polar surface area (TPSA) is 49.4 Å². The van der Waals surface area contributed by atoms with Gasteiger partial charge in [-0.3, -0.25) is 0 Å². The molecule has 0 unspecified atom stereocenters. The highest BCUT2D eigenvalue weighted by atomic mass is 16.5. The first kappa shape index (κ1) is 11.5. The van der Waals surface area contributed by atoms with Crippen LogP contribution in [0.1, 0.15) is 12.0 Å². The number of hydrogen-bond acceptors (Lipinski definition) is 3. The smallest absolute Gasteiger partial charge is 0.0717 e. The normalized spacial score (nSPS) is 9.87. The second kappa shape index (κ2) is 5.98. The monoisotopic (exact) mass is 205 g/mol. The fraction of sp³-hybridized carbons (Fsp3) is 0.250. The summed E-state index contributed by atoms with van der Waals surface area (Å²) in [4.78, 5) is 10.3. The van der Waals surface area contributed by atoms with Crippen LogP contribution in [0.25, 0.3) is 0 Å². The van der Waals surface area contributed by atoms with E-state index in [0.29, 0.717) is 19.6 Å². The zero-order valence-corrected chi connectivity index (χ0v) is 8.44. The Balaban J connectivity index is 2.18. The van der Waals surface area contributed by atoms with E-state index in [1.54, 1.807) is 0 Å². The molecule has 0 fully saturated rings. The van der Waals surface area contributed by atoms with Crippen LogP contribution in [0.4, 0.5) is 0 Å². The van der Waals surface area contributed by atoms with E-state index in [9.17, 15) is 9.90 Å². The summed E-state index contributed by atoms with van der Waals surface area (Å²) in [7, 11) is 0. The largest absolute Gasteiger partial charge is 0.545 e. The van der Waals surface area contributed by atoms with Gasteiger partial charge < -0.3 is 14.6 Å². The highest BCUT2D eigenvalue weighted by Crippen LogP contribution is 2.02. The Morgan fingerprint density at radius 3 is 2.60 bits per heavy atom. The van der Waals surface area contributed by atoms with Crippen LogP contribution in [0.15, 0.2) is 42.5 Å². The van der Waals surface area contributed by atoms with Gasteiger partial charge in [0.05, 0.1) is 19.2 Å². The molecule has 0 amide bonds. The van der Waals surface area contributed by atoms with E-state index in [0.717, 1.165) is 5.56 Å². The van der Waals surface area contributed by atoms with Crippen LogP contribution in [0, 0.1) is 0 Å². The molecule has 0 N–H and O–H groups in total. The minimum atomic E-state index is -1.21. The van der Waals surface area contributed by atoms with Crippen molar-refractivity contribution in [2.75, 3.05) is 6.61 Å². The molecule has 0 heterocycles. The van der Waals surface area contributed by atoms with Crippen LogP contribution in [0.2, 0.25) is 0 Å². The number of rotatable bonds is 6. The number of carboxylic acids is 1. The van der Waals surface area contributed by atoms with Gasteiger partial charge in [0, 0.05) is 0 Å². The first-order valence-corrected chi connectivity index (χ1v) is 4.71. The maximum Gasteiger partial charge on any atom is 0.0717 e. The van der Waals surface area contributed by atoms with Crippen LogP contribution < -0.4 is 5.11 Å². The van der Waals surface area contributed by atoms with E-state index in [4.69, 9.17) is 4.74 Å². The Bertz CT molecular complexity index is 330. The van der Waals surface area contributed by atoms with Gasteiger partial charge in [0.2, 0.25) is 0 Å². The molecule has 15 heavy (non-hydrogen) atoms. The third-order valence-corrected chi connectivity index (χ3v) is 1.95. The summed E-state index contributed by atoms with van der Waals surface area (Å²) in [6, 6.07) is 9.69. The molecule has 1 aromatic carbocycles. The Morgan fingerprint density at radius 2 is 2.00 bits per heavy atom. The molecule has 80 valence electrons. The van der Waals surface area contributed by atoms with Gasteiger partial charge in [-0.15, -0.1) is 0 Å². The molecule has 0 bridgehead atoms. The fourth-order valence-electron chi connectivity index (χ4n) is 1.06. The third kappa shape index (κ3) is 4.42. The Hall–Kier alpha value is -1.61. The van der Waals surface area contributed by atoms with Crippen molar-refractivity contribution in [1.82, 2.24) is 0 Å². The predicted molar refractivity (Wildman–Crippen MR) is 54.9 cm³/mol. The van der Waals surface area contributed by atoms with E-state index < -0.39 is 5.97 Å². The Morgan fingerprint density at radius 1 is 1.33 bits per heavy atom. The number of benzene rings is 1. The molecule has 0 spiro atoms. The molecule has 0 aliphatic carbocycles. The SMILES string of the molecule is C=C(CCOCc1ccccc1)C(=O)[O-]. The summed E-state index contributed by atoms with van der Waals surface area (Å²) in [6.45, 7) is 4.19. The van der Waals surface area contributed by atoms with Crippen molar-refractivity contribution in [2.45, 2.75) is 13.0 Å². The molecule has 0 saturated carbocycles. The number of carbonyl (C=O) groups is 1. The molecule has 0 saturated heterocycles. The second-order valence-corrected chi connectivity index (χ2v) is 3.18. The van der Waals surface area contributed by atoms with Crippen molar-refractivity contribution in [3.8, 4) is 0 Å². The van der Waals surface area contributed by atoms with Gasteiger partial charge in [-0.05, 0) is 17.6 Å². The first-order valence-electron chi connectivity index (χ1n) is 4.71. The highest BCUT2D eigenvalue weighted by Gasteiger charge is 1.96. The quantitative estimate of drug-likeness (QED) is 0.512. The van der Waals surface area contributed by atoms with E-state index in [2.05, 4.69) is 6.58 Å². The van der Waals surface area contributed by atoms with Gasteiger partial charge in [0.1, 0.15) is 0 Å². The maximum absolute atomic E-state index is 10.3. The number of ether oxygens (including phenoxy) is 1. The molecule has 0 atom stereocenters. The van der Waals surface area contributed by atoms with Gasteiger partial charge in [-0.2, -0.15) is 0 Å². The molecule has 3 heteroatoms. The summed E-state index contributed by atoms with van der Waals surface area (Å²) in [5, 5.41) is 10.3. The van der Waals surface area contributed by atoms with E-state index in [-0.39, 0.29) is 5.57 Å². The van der Waals surface area contributed by atoms with Gasteiger partial charge in [0.25, 0.3) is 0 Å². The molecular weight excluding hydrogens is 192 g/mol. The lowest BCUT2D eigenvalue weighted by Gasteiger charge is -2.07. The van der Waals surface area contributed by atoms with Crippen molar-refractivity contribution < 1.29 is 14.6 Å². The molecule has 1 rings (SSSR count). The van der Waals surface area contributed by atoms with Crippen molar-refractivity contribution >= 4 is 5.97 Å². The number of hydrogen-bond donors (Lipinski definition) is 0. The number of carbonyl (C=O) groups excluding carboxylic acids is 1. The summed E-state index contributed by atoms with van der Waals surface area (Å²) < 4.78 is 5.29. The molecule has 0 aliphatic heterocycles. The highest BCUT2D eigenvalue weighted by molar-refractivity contribution is 5.83. The van der Waals surface area contributed by atoms with Crippen molar-refractivity contribution in [3.63, 3.8) is 0 Å². The lowest BCUT2D eigenvalue weighted by molar-refractivity contribution is -0.299. The van der Waals surface area contributed by atoms with Crippen molar-refractivity contribution in [3.05, 3.63) is 48.0 Å². The first-order chi connectivity index (χ1) is 7.20. The Kier molecular flexibility index (Phi) is 4.57. The van der Waals surface area contributed by atoms with Crippen LogP contribution in [-0.4, -0.2) is 12.6 Å². The maximum atomic E-state index is 10.3. The second-order valence-electron chi connectivity index (χ2n) is 3.18. The zero-order chi connectivity index (χ0) is 11.1. The van der Waals surface area contributed by atoms with E-state index in [1.165, 1.54) is 0 Å². The molecule has 3 nitrogen and oxygen atoms in total. The van der Waals surface area contributed by atoms with Gasteiger partial charge in [-0.1, -0.05) is 36.9 Å². The average Bonchev–Trinajstić information content (AvgIpc) is 2.25. The standard InChI is InChI=1S/C12H14O3/c1-10(12(13)14)7-8-15-9-11-5-3-2-4-6-11/h2-6H,1,7-9H2,(H,13,14)/p-1. The number of aliphatic carboxylic acids is 1. The molecule has 0 aromatic heterocycles. The minimum Gasteiger partial charge on any atom is -0.545 e. The minimum absolute atomic E-state index is 0.0723. The Labute approximate surface area is 89.0 Å². The number of carboxylic acid groups (broad SMARTS) is 1. The lowest BCUT2D eigenvalue weighted by Crippen LogP contribution is -2.24. The van der Waals surface area contributed by atoms with Gasteiger partial charge in [0.15, 0.2) is 0 Å². The zero-order valence-electron chi connectivity index (χ0n) is 8.44. The summed E-state index contributed by atoms with van der Waals surface area (Å²) >= 11 is 0. The molecule has 0 radical (unpaired) electrons. The van der Waals surface area contributed by atoms with Crippen LogP contribution in [-0.2, 0) is 16.1 Å². The summed E-state index contributed by atoms with van der Waals surface area (Å²) in [5.41, 5.74) is 1.14. The van der Waals surface area contributed by atoms with Crippen LogP contribution in [0.3, 0.4) is 0 Å². The predicted octanol–water partition coefficient (Wildman–Crippen LogP) is 0.899. The average molecular weight is 205 g/mol. The van der Waals surface area contributed by atoms with Gasteiger partial charge >= 0.3 is 0 Å². The molecular formula is C12H13O3-.